The lowest BCUT2D eigenvalue weighted by Crippen LogP contribution is -2.22. The Morgan fingerprint density at radius 3 is 2.30 bits per heavy atom. The zero-order valence-electron chi connectivity index (χ0n) is 20.6. The van der Waals surface area contributed by atoms with Gasteiger partial charge in [-0.05, 0) is 69.4 Å². The second kappa shape index (κ2) is 11.8. The van der Waals surface area contributed by atoms with Gasteiger partial charge in [-0.1, -0.05) is 40.8 Å². The van der Waals surface area contributed by atoms with E-state index < -0.39 is 5.97 Å². The summed E-state index contributed by atoms with van der Waals surface area (Å²) >= 11 is 7.91. The Kier molecular flexibility index (Phi) is 8.57. The van der Waals surface area contributed by atoms with Crippen molar-refractivity contribution in [3.8, 4) is 17.1 Å². The van der Waals surface area contributed by atoms with Gasteiger partial charge in [-0.15, -0.1) is 0 Å². The van der Waals surface area contributed by atoms with E-state index in [0.717, 1.165) is 28.8 Å². The maximum atomic E-state index is 13.8. The third-order valence-electron chi connectivity index (χ3n) is 5.28. The number of benzene rings is 2. The number of esters is 1. The molecule has 11 heteroatoms. The number of aromatic nitrogens is 3. The maximum Gasteiger partial charge on any atom is 0.313 e. The van der Waals surface area contributed by atoms with E-state index in [0.29, 0.717) is 31.8 Å². The lowest BCUT2D eigenvalue weighted by Gasteiger charge is -2.13. The Balaban J connectivity index is 1.82. The van der Waals surface area contributed by atoms with Gasteiger partial charge >= 0.3 is 5.97 Å². The summed E-state index contributed by atoms with van der Waals surface area (Å²) in [5.41, 5.74) is 2.54. The quantitative estimate of drug-likeness (QED) is 0.0857. The summed E-state index contributed by atoms with van der Waals surface area (Å²) < 4.78 is 14.5. The predicted molar refractivity (Wildman–Crippen MR) is 148 cm³/mol. The van der Waals surface area contributed by atoms with Crippen molar-refractivity contribution in [3.63, 3.8) is 0 Å². The molecule has 2 aromatic carbocycles. The molecule has 0 aliphatic carbocycles. The van der Waals surface area contributed by atoms with E-state index in [2.05, 4.69) is 0 Å². The standard InChI is InChI=1S/C26H25N3O5S3/c1-4-33-20-12-10-17(11-13-20)28-23-22(37-26(28)35)24(32)29(18-8-6-16(3)7-9-18)25(27-23)36-15-19(30)14-21(31)34-5-2/h6-13H,4-5,14-15H2,1-3H3. The minimum Gasteiger partial charge on any atom is -0.494 e. The first-order valence-electron chi connectivity index (χ1n) is 11.6. The normalized spacial score (nSPS) is 11.0. The fourth-order valence-corrected chi connectivity index (χ4v) is 5.78. The van der Waals surface area contributed by atoms with Crippen LogP contribution in [-0.2, 0) is 14.3 Å². The number of thiazole rings is 1. The van der Waals surface area contributed by atoms with Crippen LogP contribution in [0, 0.1) is 10.9 Å². The molecule has 0 fully saturated rings. The largest absolute Gasteiger partial charge is 0.494 e. The van der Waals surface area contributed by atoms with Gasteiger partial charge in [-0.25, -0.2) is 4.98 Å². The molecule has 0 saturated heterocycles. The molecule has 0 N–H and O–H groups in total. The average molecular weight is 556 g/mol. The van der Waals surface area contributed by atoms with Crippen molar-refractivity contribution in [1.29, 1.82) is 0 Å². The third-order valence-corrected chi connectivity index (χ3v) is 7.63. The van der Waals surface area contributed by atoms with E-state index in [4.69, 9.17) is 26.7 Å². The van der Waals surface area contributed by atoms with Crippen molar-refractivity contribution in [3.05, 3.63) is 68.4 Å². The fourth-order valence-electron chi connectivity index (χ4n) is 3.61. The van der Waals surface area contributed by atoms with Gasteiger partial charge in [0.25, 0.3) is 5.56 Å². The number of carbonyl (C=O) groups is 2. The van der Waals surface area contributed by atoms with Crippen molar-refractivity contribution in [2.45, 2.75) is 32.3 Å². The van der Waals surface area contributed by atoms with E-state index in [1.54, 1.807) is 11.5 Å². The van der Waals surface area contributed by atoms with Crippen molar-refractivity contribution < 1.29 is 19.1 Å². The van der Waals surface area contributed by atoms with Crippen LogP contribution < -0.4 is 10.3 Å². The number of ether oxygens (including phenoxy) is 2. The topological polar surface area (TPSA) is 92.4 Å². The Morgan fingerprint density at radius 1 is 1.00 bits per heavy atom. The molecule has 4 rings (SSSR count). The van der Waals surface area contributed by atoms with Gasteiger partial charge in [0, 0.05) is 5.69 Å². The van der Waals surface area contributed by atoms with Crippen LogP contribution >= 0.6 is 35.3 Å². The number of carbonyl (C=O) groups excluding carboxylic acids is 2. The van der Waals surface area contributed by atoms with Crippen LogP contribution in [0.15, 0.2) is 58.5 Å². The van der Waals surface area contributed by atoms with E-state index in [1.165, 1.54) is 15.9 Å². The fraction of sp³-hybridized carbons (Fsp3) is 0.269. The molecule has 0 spiro atoms. The molecule has 2 heterocycles. The minimum absolute atomic E-state index is 0.0451. The van der Waals surface area contributed by atoms with Crippen LogP contribution in [0.3, 0.4) is 0 Å². The summed E-state index contributed by atoms with van der Waals surface area (Å²) in [5, 5.41) is 0.325. The highest BCUT2D eigenvalue weighted by Gasteiger charge is 2.20. The molecule has 0 saturated carbocycles. The van der Waals surface area contributed by atoms with Gasteiger partial charge in [0.1, 0.15) is 16.9 Å². The van der Waals surface area contributed by atoms with E-state index in [9.17, 15) is 14.4 Å². The average Bonchev–Trinajstić information content (AvgIpc) is 3.20. The summed E-state index contributed by atoms with van der Waals surface area (Å²) in [6, 6.07) is 14.8. The van der Waals surface area contributed by atoms with E-state index >= 15 is 0 Å². The third kappa shape index (κ3) is 6.00. The smallest absolute Gasteiger partial charge is 0.313 e. The summed E-state index contributed by atoms with van der Waals surface area (Å²) in [7, 11) is 0. The molecular formula is C26H25N3O5S3. The van der Waals surface area contributed by atoms with Crippen molar-refractivity contribution >= 4 is 57.4 Å². The Bertz CT molecular complexity index is 1550. The first kappa shape index (κ1) is 26.8. The second-order valence-corrected chi connectivity index (χ2v) is 10.5. The zero-order chi connectivity index (χ0) is 26.5. The number of hydrogen-bond donors (Lipinski definition) is 0. The van der Waals surface area contributed by atoms with Crippen LogP contribution in [0.5, 0.6) is 5.75 Å². The Labute approximate surface area is 226 Å². The van der Waals surface area contributed by atoms with Crippen molar-refractivity contribution in [2.75, 3.05) is 19.0 Å². The molecule has 0 radical (unpaired) electrons. The predicted octanol–water partition coefficient (Wildman–Crippen LogP) is 5.29. The number of thioether (sulfide) groups is 1. The number of nitrogens with zero attached hydrogens (tertiary/aromatic N) is 3. The second-order valence-electron chi connectivity index (χ2n) is 7.96. The first-order chi connectivity index (χ1) is 17.8. The van der Waals surface area contributed by atoms with Gasteiger partial charge in [-0.3, -0.25) is 23.5 Å². The van der Waals surface area contributed by atoms with Gasteiger partial charge in [0.2, 0.25) is 0 Å². The van der Waals surface area contributed by atoms with Crippen molar-refractivity contribution in [2.24, 2.45) is 0 Å². The molecule has 37 heavy (non-hydrogen) atoms. The molecule has 8 nitrogen and oxygen atoms in total. The Morgan fingerprint density at radius 2 is 1.65 bits per heavy atom. The number of fused-ring (bicyclic) bond motifs is 1. The van der Waals surface area contributed by atoms with Crippen LogP contribution in [0.1, 0.15) is 25.8 Å². The molecule has 0 aliphatic heterocycles. The zero-order valence-corrected chi connectivity index (χ0v) is 23.0. The van der Waals surface area contributed by atoms with Gasteiger partial charge in [0.15, 0.2) is 20.5 Å². The van der Waals surface area contributed by atoms with Crippen LogP contribution in [-0.4, -0.2) is 44.8 Å². The summed E-state index contributed by atoms with van der Waals surface area (Å²) in [6.07, 6.45) is -0.335. The molecule has 2 aromatic heterocycles. The van der Waals surface area contributed by atoms with Gasteiger partial charge in [0.05, 0.1) is 24.7 Å². The summed E-state index contributed by atoms with van der Waals surface area (Å²) in [6.45, 7) is 6.31. The van der Waals surface area contributed by atoms with Gasteiger partial charge < -0.3 is 9.47 Å². The lowest BCUT2D eigenvalue weighted by atomic mass is 10.2. The highest BCUT2D eigenvalue weighted by molar-refractivity contribution is 7.99. The van der Waals surface area contributed by atoms with Crippen molar-refractivity contribution in [1.82, 2.24) is 14.1 Å². The molecule has 0 amide bonds. The van der Waals surface area contributed by atoms with E-state index in [1.807, 2.05) is 62.4 Å². The Hall–Kier alpha value is -3.28. The summed E-state index contributed by atoms with van der Waals surface area (Å²) in [4.78, 5) is 42.8. The number of ketones is 1. The molecule has 0 bridgehead atoms. The number of hydrogen-bond acceptors (Lipinski definition) is 9. The lowest BCUT2D eigenvalue weighted by molar-refractivity contribution is -0.145. The summed E-state index contributed by atoms with van der Waals surface area (Å²) in [5.74, 6) is -0.212. The van der Waals surface area contributed by atoms with E-state index in [-0.39, 0.29) is 30.1 Å². The molecule has 0 unspecified atom stereocenters. The molecule has 192 valence electrons. The highest BCUT2D eigenvalue weighted by atomic mass is 32.2. The highest BCUT2D eigenvalue weighted by Crippen LogP contribution is 2.28. The number of Topliss-reactive ketones (excluding diaryl/α,β-unsaturated/α-hetero) is 1. The molecule has 4 aromatic rings. The molecule has 0 atom stereocenters. The maximum absolute atomic E-state index is 13.8. The van der Waals surface area contributed by atoms with Crippen LogP contribution in [0.2, 0.25) is 0 Å². The number of aryl methyl sites for hydroxylation is 1. The molecular weight excluding hydrogens is 531 g/mol. The molecule has 0 aliphatic rings. The van der Waals surface area contributed by atoms with Crippen LogP contribution in [0.25, 0.3) is 21.7 Å². The minimum atomic E-state index is -0.575. The first-order valence-corrected chi connectivity index (χ1v) is 13.8. The monoisotopic (exact) mass is 555 g/mol. The number of rotatable bonds is 10. The van der Waals surface area contributed by atoms with Crippen LogP contribution in [0.4, 0.5) is 0 Å². The SMILES string of the molecule is CCOC(=O)CC(=O)CSc1nc2c(sc(=S)n2-c2ccc(OCC)cc2)c(=O)n1-c1ccc(C)cc1. The van der Waals surface area contributed by atoms with Gasteiger partial charge in [-0.2, -0.15) is 0 Å².